The van der Waals surface area contributed by atoms with E-state index in [-0.39, 0.29) is 49.6 Å². The molecule has 0 bridgehead atoms. The normalized spacial score (nSPS) is 13.8. The van der Waals surface area contributed by atoms with Crippen molar-refractivity contribution in [2.45, 2.75) is 58.8 Å². The van der Waals surface area contributed by atoms with E-state index in [0.29, 0.717) is 19.4 Å². The van der Waals surface area contributed by atoms with Crippen LogP contribution in [0.1, 0.15) is 68.4 Å². The van der Waals surface area contributed by atoms with Gasteiger partial charge in [0, 0.05) is 31.5 Å². The molecule has 0 spiro atoms. The van der Waals surface area contributed by atoms with Crippen molar-refractivity contribution in [3.8, 4) is 0 Å². The molecule has 1 aromatic heterocycles. The summed E-state index contributed by atoms with van der Waals surface area (Å²) in [5, 5.41) is 0. The molecule has 0 aliphatic carbocycles. The summed E-state index contributed by atoms with van der Waals surface area (Å²) >= 11 is 0. The molecule has 34 heavy (non-hydrogen) atoms. The van der Waals surface area contributed by atoms with Gasteiger partial charge in [0.1, 0.15) is 5.78 Å². The van der Waals surface area contributed by atoms with Crippen molar-refractivity contribution in [3.05, 3.63) is 35.8 Å². The number of anilines is 1. The Morgan fingerprint density at radius 3 is 2.29 bits per heavy atom. The Balaban J connectivity index is 2.38. The average molecular weight is 477 g/mol. The fourth-order valence-corrected chi connectivity index (χ4v) is 4.09. The molecule has 0 N–H and O–H groups in total. The van der Waals surface area contributed by atoms with Crippen LogP contribution in [0.25, 0.3) is 0 Å². The fourth-order valence-electron chi connectivity index (χ4n) is 4.09. The maximum Gasteiger partial charge on any atom is 0.323 e. The first-order chi connectivity index (χ1) is 16.3. The molecule has 0 radical (unpaired) electrons. The van der Waals surface area contributed by atoms with Gasteiger partial charge in [0.15, 0.2) is 23.3 Å². The predicted molar refractivity (Wildman–Crippen MR) is 124 cm³/mol. The van der Waals surface area contributed by atoms with Gasteiger partial charge in [0.2, 0.25) is 0 Å². The van der Waals surface area contributed by atoms with Gasteiger partial charge in [0.05, 0.1) is 18.9 Å². The zero-order valence-corrected chi connectivity index (χ0v) is 19.9. The number of ketones is 1. The maximum absolute atomic E-state index is 14.7. The molecule has 0 aromatic carbocycles. The van der Waals surface area contributed by atoms with E-state index in [1.807, 2.05) is 0 Å². The van der Waals surface area contributed by atoms with E-state index in [4.69, 9.17) is 9.47 Å². The fraction of sp³-hybridized carbons (Fsp3) is 0.560. The third-order valence-corrected chi connectivity index (χ3v) is 5.82. The number of pyridine rings is 1. The number of allylic oxidation sites excluding steroid dienone is 1. The van der Waals surface area contributed by atoms with Crippen LogP contribution in [0.2, 0.25) is 0 Å². The van der Waals surface area contributed by atoms with Crippen LogP contribution >= 0.6 is 0 Å². The highest BCUT2D eigenvalue weighted by Crippen LogP contribution is 2.34. The number of rotatable bonds is 13. The first-order valence-corrected chi connectivity index (χ1v) is 11.7. The maximum atomic E-state index is 14.7. The van der Waals surface area contributed by atoms with Crippen LogP contribution in [0.5, 0.6) is 0 Å². The molecule has 8 nitrogen and oxygen atoms in total. The molecule has 0 atom stereocenters. The smallest absolute Gasteiger partial charge is 0.323 e. The summed E-state index contributed by atoms with van der Waals surface area (Å²) < 4.78 is 24.9. The minimum Gasteiger partial charge on any atom is -0.465 e. The van der Waals surface area contributed by atoms with Gasteiger partial charge in [-0.2, -0.15) is 0 Å². The van der Waals surface area contributed by atoms with E-state index < -0.39 is 35.4 Å². The van der Waals surface area contributed by atoms with Crippen LogP contribution in [0.15, 0.2) is 18.7 Å². The zero-order valence-electron chi connectivity index (χ0n) is 19.9. The van der Waals surface area contributed by atoms with Gasteiger partial charge in [-0.1, -0.05) is 6.08 Å². The van der Waals surface area contributed by atoms with Gasteiger partial charge >= 0.3 is 11.9 Å². The second kappa shape index (κ2) is 13.0. The van der Waals surface area contributed by atoms with Crippen LogP contribution in [-0.2, 0) is 30.3 Å². The van der Waals surface area contributed by atoms with E-state index in [2.05, 4.69) is 11.6 Å². The molecule has 1 aliphatic rings. The summed E-state index contributed by atoms with van der Waals surface area (Å²) in [6.07, 6.45) is 4.25. The number of aldehydes is 1. The summed E-state index contributed by atoms with van der Waals surface area (Å²) in [5.74, 6) is -2.74. The summed E-state index contributed by atoms with van der Waals surface area (Å²) in [4.78, 5) is 56.6. The number of ether oxygens (including phenoxy) is 2. The summed E-state index contributed by atoms with van der Waals surface area (Å²) in [5.41, 5.74) is -1.78. The second-order valence-electron chi connectivity index (χ2n) is 8.24. The molecule has 1 aliphatic heterocycles. The lowest BCUT2D eigenvalue weighted by Crippen LogP contribution is -2.44. The lowest BCUT2D eigenvalue weighted by molar-refractivity contribution is -0.174. The predicted octanol–water partition coefficient (Wildman–Crippen LogP) is 3.60. The van der Waals surface area contributed by atoms with Gasteiger partial charge in [-0.15, -0.1) is 6.58 Å². The van der Waals surface area contributed by atoms with Crippen LogP contribution in [0, 0.1) is 11.2 Å². The Hall–Kier alpha value is -3.10. The number of hydrogen-bond acceptors (Lipinski definition) is 8. The van der Waals surface area contributed by atoms with Crippen LogP contribution in [-0.4, -0.2) is 55.3 Å². The molecule has 0 unspecified atom stereocenters. The third-order valence-electron chi connectivity index (χ3n) is 5.82. The molecule has 2 rings (SSSR count). The molecule has 1 fully saturated rings. The number of halogens is 1. The van der Waals surface area contributed by atoms with Crippen molar-refractivity contribution in [3.63, 3.8) is 0 Å². The standard InChI is InChI=1S/C25H33FN2O6/c1-4-7-11-25(23(31)33-5-2,24(32)34-6-3)16-19(30)15-21-18(17-29)14-20(26)22(27-21)28-12-9-8-10-13-28/h4,14,17H,1,5-13,15-16H2,2-3H3. The van der Waals surface area contributed by atoms with Crippen molar-refractivity contribution >= 4 is 29.8 Å². The topological polar surface area (TPSA) is 103 Å². The first-order valence-electron chi connectivity index (χ1n) is 11.7. The highest BCUT2D eigenvalue weighted by Gasteiger charge is 2.49. The number of carbonyl (C=O) groups excluding carboxylic acids is 4. The van der Waals surface area contributed by atoms with E-state index in [1.165, 1.54) is 6.08 Å². The number of piperidine rings is 1. The Labute approximate surface area is 199 Å². The third kappa shape index (κ3) is 6.48. The Morgan fingerprint density at radius 2 is 1.76 bits per heavy atom. The van der Waals surface area contributed by atoms with Crippen molar-refractivity contribution in [2.24, 2.45) is 5.41 Å². The molecular weight excluding hydrogens is 443 g/mol. The Morgan fingerprint density at radius 1 is 1.15 bits per heavy atom. The number of nitrogens with zero attached hydrogens (tertiary/aromatic N) is 2. The minimum atomic E-state index is -1.84. The van der Waals surface area contributed by atoms with Crippen molar-refractivity contribution in [1.82, 2.24) is 4.98 Å². The lowest BCUT2D eigenvalue weighted by atomic mass is 9.77. The van der Waals surface area contributed by atoms with Gasteiger partial charge in [-0.3, -0.25) is 19.2 Å². The molecule has 9 heteroatoms. The minimum absolute atomic E-state index is 0.0175. The van der Waals surface area contributed by atoms with Crippen molar-refractivity contribution < 1.29 is 33.0 Å². The first kappa shape index (κ1) is 27.1. The van der Waals surface area contributed by atoms with E-state index in [9.17, 15) is 23.6 Å². The molecule has 0 saturated carbocycles. The summed E-state index contributed by atoms with van der Waals surface area (Å²) in [6.45, 7) is 8.14. The SMILES string of the molecule is C=CCCC(CC(=O)Cc1nc(N2CCCCC2)c(F)cc1C=O)(C(=O)OCC)C(=O)OCC. The lowest BCUT2D eigenvalue weighted by Gasteiger charge is -2.29. The van der Waals surface area contributed by atoms with Crippen molar-refractivity contribution in [1.29, 1.82) is 0 Å². The zero-order chi connectivity index (χ0) is 25.1. The summed E-state index contributed by atoms with van der Waals surface area (Å²) in [7, 11) is 0. The molecule has 1 saturated heterocycles. The largest absolute Gasteiger partial charge is 0.465 e. The molecule has 0 amide bonds. The number of Topliss-reactive ketones (excluding diaryl/α,β-unsaturated/α-hetero) is 1. The van der Waals surface area contributed by atoms with Gasteiger partial charge < -0.3 is 14.4 Å². The Bertz CT molecular complexity index is 893. The quantitative estimate of drug-likeness (QED) is 0.184. The summed E-state index contributed by atoms with van der Waals surface area (Å²) in [6, 6.07) is 1.08. The molecule has 1 aromatic rings. The number of esters is 2. The Kier molecular flexibility index (Phi) is 10.3. The molecular formula is C25H33FN2O6. The highest BCUT2D eigenvalue weighted by molar-refractivity contribution is 6.04. The number of hydrogen-bond donors (Lipinski definition) is 0. The van der Waals surface area contributed by atoms with Crippen LogP contribution < -0.4 is 4.90 Å². The van der Waals surface area contributed by atoms with Gasteiger partial charge in [-0.25, -0.2) is 9.37 Å². The van der Waals surface area contributed by atoms with Crippen molar-refractivity contribution in [2.75, 3.05) is 31.2 Å². The van der Waals surface area contributed by atoms with Crippen LogP contribution in [0.4, 0.5) is 10.2 Å². The van der Waals surface area contributed by atoms with E-state index in [0.717, 1.165) is 25.3 Å². The van der Waals surface area contributed by atoms with Gasteiger partial charge in [0.25, 0.3) is 0 Å². The average Bonchev–Trinajstić information content (AvgIpc) is 2.83. The van der Waals surface area contributed by atoms with E-state index >= 15 is 0 Å². The highest BCUT2D eigenvalue weighted by atomic mass is 19.1. The van der Waals surface area contributed by atoms with E-state index in [1.54, 1.807) is 18.7 Å². The number of carbonyl (C=O) groups is 4. The van der Waals surface area contributed by atoms with Crippen LogP contribution in [0.3, 0.4) is 0 Å². The molecule has 186 valence electrons. The molecule has 2 heterocycles. The number of aromatic nitrogens is 1. The monoisotopic (exact) mass is 476 g/mol. The van der Waals surface area contributed by atoms with Gasteiger partial charge in [-0.05, 0) is 52.0 Å². The second-order valence-corrected chi connectivity index (χ2v) is 8.24.